The summed E-state index contributed by atoms with van der Waals surface area (Å²) < 4.78 is 6.99. The maximum Gasteiger partial charge on any atom is 0.336 e. The molecule has 0 fully saturated rings. The van der Waals surface area contributed by atoms with Gasteiger partial charge < -0.3 is 9.73 Å². The molecule has 0 saturated carbocycles. The van der Waals surface area contributed by atoms with Crippen LogP contribution in [0.4, 0.5) is 5.69 Å². The lowest BCUT2D eigenvalue weighted by molar-refractivity contribution is 0.103. The number of carbonyl (C=O) groups excluding carboxylic acids is 1. The Morgan fingerprint density at radius 3 is 2.87 bits per heavy atom. The molecular weight excluding hydrogens is 402 g/mol. The van der Waals surface area contributed by atoms with Crippen LogP contribution in [0.15, 0.2) is 38.3 Å². The van der Waals surface area contributed by atoms with Crippen molar-refractivity contribution in [3.8, 4) is 0 Å². The molecule has 30 heavy (non-hydrogen) atoms. The number of rotatable bonds is 2. The molecule has 0 atom stereocenters. The molecule has 1 aromatic carbocycles. The van der Waals surface area contributed by atoms with Crippen molar-refractivity contribution in [2.75, 3.05) is 5.32 Å². The van der Waals surface area contributed by atoms with Gasteiger partial charge in [-0.05, 0) is 49.9 Å². The molecule has 5 rings (SSSR count). The first-order valence-corrected chi connectivity index (χ1v) is 10.6. The second-order valence-corrected chi connectivity index (χ2v) is 8.59. The largest absolute Gasteiger partial charge is 0.423 e. The number of carbonyl (C=O) groups is 1. The van der Waals surface area contributed by atoms with Crippen molar-refractivity contribution in [3.05, 3.63) is 66.9 Å². The molecular formula is C22H19N3O4S. The quantitative estimate of drug-likeness (QED) is 0.497. The van der Waals surface area contributed by atoms with E-state index in [0.717, 1.165) is 36.0 Å². The van der Waals surface area contributed by atoms with Crippen molar-refractivity contribution < 1.29 is 9.21 Å². The maximum atomic E-state index is 13.0. The van der Waals surface area contributed by atoms with Gasteiger partial charge in [-0.25, -0.2) is 9.78 Å². The van der Waals surface area contributed by atoms with Crippen LogP contribution < -0.4 is 16.5 Å². The fraction of sp³-hybridized carbons (Fsp3) is 0.273. The standard InChI is InChI=1S/C22H19N3O4S/c1-11-9-17(26)29-15-10-13(6-7-14(11)15)23-20(27)19-12(2)18-21(30-19)24-16-5-3-4-8-25(16)22(18)28/h6-7,9-10H,3-5,8H2,1-2H3,(H,23,27). The van der Waals surface area contributed by atoms with Gasteiger partial charge in [0.05, 0.1) is 10.3 Å². The molecule has 7 nitrogen and oxygen atoms in total. The SMILES string of the molecule is Cc1cc(=O)oc2cc(NC(=O)c3sc4nc5n(c(=O)c4c3C)CCCC5)ccc12. The smallest absolute Gasteiger partial charge is 0.336 e. The molecule has 1 amide bonds. The Morgan fingerprint density at radius 2 is 2.03 bits per heavy atom. The van der Waals surface area contributed by atoms with Crippen LogP contribution in [0, 0.1) is 13.8 Å². The minimum atomic E-state index is -0.431. The average molecular weight is 421 g/mol. The van der Waals surface area contributed by atoms with E-state index in [1.54, 1.807) is 23.6 Å². The van der Waals surface area contributed by atoms with E-state index in [2.05, 4.69) is 10.3 Å². The first-order valence-electron chi connectivity index (χ1n) is 9.81. The lowest BCUT2D eigenvalue weighted by Gasteiger charge is -2.16. The minimum Gasteiger partial charge on any atom is -0.423 e. The highest BCUT2D eigenvalue weighted by Gasteiger charge is 2.22. The van der Waals surface area contributed by atoms with Crippen LogP contribution >= 0.6 is 11.3 Å². The zero-order valence-electron chi connectivity index (χ0n) is 16.6. The van der Waals surface area contributed by atoms with Crippen molar-refractivity contribution in [2.24, 2.45) is 0 Å². The summed E-state index contributed by atoms with van der Waals surface area (Å²) in [4.78, 5) is 43.3. The number of amides is 1. The minimum absolute atomic E-state index is 0.0644. The molecule has 0 radical (unpaired) electrons. The van der Waals surface area contributed by atoms with Gasteiger partial charge in [0.1, 0.15) is 16.2 Å². The third-order valence-corrected chi connectivity index (χ3v) is 6.76. The molecule has 0 spiro atoms. The van der Waals surface area contributed by atoms with Gasteiger partial charge >= 0.3 is 5.63 Å². The average Bonchev–Trinajstić information content (AvgIpc) is 3.04. The first kappa shape index (κ1) is 18.7. The number of fused-ring (bicyclic) bond motifs is 3. The van der Waals surface area contributed by atoms with E-state index < -0.39 is 5.63 Å². The van der Waals surface area contributed by atoms with Gasteiger partial charge in [0, 0.05) is 36.2 Å². The molecule has 0 saturated heterocycles. The van der Waals surface area contributed by atoms with Crippen LogP contribution in [0.5, 0.6) is 0 Å². The molecule has 1 aliphatic heterocycles. The number of hydrogen-bond acceptors (Lipinski definition) is 6. The molecule has 152 valence electrons. The summed E-state index contributed by atoms with van der Waals surface area (Å²) in [6.07, 6.45) is 2.77. The van der Waals surface area contributed by atoms with E-state index in [0.29, 0.717) is 38.5 Å². The number of thiophene rings is 1. The van der Waals surface area contributed by atoms with Crippen molar-refractivity contribution in [1.29, 1.82) is 0 Å². The number of hydrogen-bond donors (Lipinski definition) is 1. The molecule has 1 N–H and O–H groups in total. The molecule has 0 unspecified atom stereocenters. The van der Waals surface area contributed by atoms with Crippen LogP contribution in [-0.4, -0.2) is 15.5 Å². The van der Waals surface area contributed by atoms with Crippen LogP contribution in [0.3, 0.4) is 0 Å². The first-order chi connectivity index (χ1) is 14.4. The highest BCUT2D eigenvalue weighted by Crippen LogP contribution is 2.29. The van der Waals surface area contributed by atoms with E-state index >= 15 is 0 Å². The Bertz CT molecular complexity index is 1460. The molecule has 1 aliphatic rings. The summed E-state index contributed by atoms with van der Waals surface area (Å²) in [7, 11) is 0. The second-order valence-electron chi connectivity index (χ2n) is 7.59. The van der Waals surface area contributed by atoms with Crippen LogP contribution in [0.2, 0.25) is 0 Å². The molecule has 4 aromatic rings. The molecule has 0 aliphatic carbocycles. The fourth-order valence-electron chi connectivity index (χ4n) is 4.04. The van der Waals surface area contributed by atoms with Crippen molar-refractivity contribution in [1.82, 2.24) is 9.55 Å². The zero-order chi connectivity index (χ0) is 21.0. The van der Waals surface area contributed by atoms with Crippen molar-refractivity contribution >= 4 is 44.1 Å². The Labute approximate surface area is 175 Å². The summed E-state index contributed by atoms with van der Waals surface area (Å²) in [5.74, 6) is 0.485. The highest BCUT2D eigenvalue weighted by molar-refractivity contribution is 7.20. The summed E-state index contributed by atoms with van der Waals surface area (Å²) in [6, 6.07) is 6.65. The predicted molar refractivity (Wildman–Crippen MR) is 117 cm³/mol. The number of benzene rings is 1. The molecule has 4 heterocycles. The number of nitrogens with zero attached hydrogens (tertiary/aromatic N) is 2. The van der Waals surface area contributed by atoms with E-state index in [9.17, 15) is 14.4 Å². The second kappa shape index (κ2) is 6.91. The van der Waals surface area contributed by atoms with E-state index in [1.807, 2.05) is 13.0 Å². The van der Waals surface area contributed by atoms with E-state index in [-0.39, 0.29) is 11.5 Å². The number of aryl methyl sites for hydroxylation is 3. The number of nitrogens with one attached hydrogen (secondary N) is 1. The normalized spacial score (nSPS) is 13.5. The van der Waals surface area contributed by atoms with Gasteiger partial charge in [-0.1, -0.05) is 0 Å². The predicted octanol–water partition coefficient (Wildman–Crippen LogP) is 3.77. The lowest BCUT2D eigenvalue weighted by atomic mass is 10.1. The molecule has 0 bridgehead atoms. The van der Waals surface area contributed by atoms with Crippen molar-refractivity contribution in [3.63, 3.8) is 0 Å². The topological polar surface area (TPSA) is 94.2 Å². The lowest BCUT2D eigenvalue weighted by Crippen LogP contribution is -2.28. The van der Waals surface area contributed by atoms with Crippen LogP contribution in [0.25, 0.3) is 21.2 Å². The Hall–Kier alpha value is -3.26. The monoisotopic (exact) mass is 421 g/mol. The number of anilines is 1. The van der Waals surface area contributed by atoms with Crippen LogP contribution in [-0.2, 0) is 13.0 Å². The van der Waals surface area contributed by atoms with Gasteiger partial charge in [0.2, 0.25) is 0 Å². The van der Waals surface area contributed by atoms with E-state index in [1.165, 1.54) is 17.4 Å². The fourth-order valence-corrected chi connectivity index (χ4v) is 5.13. The summed E-state index contributed by atoms with van der Waals surface area (Å²) in [5.41, 5.74) is 1.90. The van der Waals surface area contributed by atoms with Crippen molar-refractivity contribution in [2.45, 2.75) is 39.7 Å². The van der Waals surface area contributed by atoms with Gasteiger partial charge in [-0.15, -0.1) is 11.3 Å². The molecule has 3 aromatic heterocycles. The summed E-state index contributed by atoms with van der Waals surface area (Å²) >= 11 is 1.24. The Morgan fingerprint density at radius 1 is 1.20 bits per heavy atom. The third kappa shape index (κ3) is 2.95. The number of aromatic nitrogens is 2. The Balaban J connectivity index is 1.54. The maximum absolute atomic E-state index is 13.0. The van der Waals surface area contributed by atoms with Gasteiger partial charge in [-0.3, -0.25) is 14.2 Å². The summed E-state index contributed by atoms with van der Waals surface area (Å²) in [5, 5.41) is 4.19. The highest BCUT2D eigenvalue weighted by atomic mass is 32.1. The van der Waals surface area contributed by atoms with Gasteiger partial charge in [0.15, 0.2) is 0 Å². The zero-order valence-corrected chi connectivity index (χ0v) is 17.4. The third-order valence-electron chi connectivity index (χ3n) is 5.58. The van der Waals surface area contributed by atoms with Crippen LogP contribution in [0.1, 0.15) is 39.5 Å². The van der Waals surface area contributed by atoms with Gasteiger partial charge in [-0.2, -0.15) is 0 Å². The summed E-state index contributed by atoms with van der Waals surface area (Å²) in [6.45, 7) is 4.30. The van der Waals surface area contributed by atoms with Gasteiger partial charge in [0.25, 0.3) is 11.5 Å². The van der Waals surface area contributed by atoms with E-state index in [4.69, 9.17) is 4.42 Å². The molecule has 8 heteroatoms. The Kier molecular flexibility index (Phi) is 4.32.